The van der Waals surface area contributed by atoms with Crippen LogP contribution in [0.15, 0.2) is 0 Å². The first kappa shape index (κ1) is 15.3. The van der Waals surface area contributed by atoms with Crippen LogP contribution in [0.1, 0.15) is 60.8 Å². The van der Waals surface area contributed by atoms with E-state index in [2.05, 4.69) is 46.9 Å². The molecule has 0 aromatic heterocycles. The maximum atomic E-state index is 6.24. The molecule has 112 valence electrons. The van der Waals surface area contributed by atoms with Crippen LogP contribution < -0.4 is 5.32 Å². The highest BCUT2D eigenvalue weighted by molar-refractivity contribution is 5.11. The van der Waals surface area contributed by atoms with Gasteiger partial charge >= 0.3 is 0 Å². The Morgan fingerprint density at radius 1 is 1.21 bits per heavy atom. The van der Waals surface area contributed by atoms with E-state index in [0.29, 0.717) is 28.9 Å². The van der Waals surface area contributed by atoms with Gasteiger partial charge in [0.15, 0.2) is 0 Å². The zero-order chi connectivity index (χ0) is 14.3. The van der Waals surface area contributed by atoms with Crippen LogP contribution in [0, 0.1) is 22.7 Å². The van der Waals surface area contributed by atoms with Crippen molar-refractivity contribution in [3.63, 3.8) is 0 Å². The van der Waals surface area contributed by atoms with Gasteiger partial charge in [-0.1, -0.05) is 34.6 Å². The van der Waals surface area contributed by atoms with Crippen LogP contribution in [0.5, 0.6) is 0 Å². The third-order valence-electron chi connectivity index (χ3n) is 6.60. The molecular formula is C17H33NO. The normalized spacial score (nSPS) is 38.1. The van der Waals surface area contributed by atoms with E-state index in [1.807, 2.05) is 0 Å². The van der Waals surface area contributed by atoms with Gasteiger partial charge in [0.25, 0.3) is 0 Å². The first-order valence-electron chi connectivity index (χ1n) is 8.14. The molecule has 2 heteroatoms. The first-order chi connectivity index (χ1) is 8.79. The Balaban J connectivity index is 1.77. The molecule has 0 aromatic carbocycles. The predicted octanol–water partition coefficient (Wildman–Crippen LogP) is 3.85. The van der Waals surface area contributed by atoms with Crippen LogP contribution in [0.4, 0.5) is 0 Å². The fourth-order valence-corrected chi connectivity index (χ4v) is 4.11. The Morgan fingerprint density at radius 3 is 2.37 bits per heavy atom. The quantitative estimate of drug-likeness (QED) is 0.738. The summed E-state index contributed by atoms with van der Waals surface area (Å²) in [7, 11) is 0. The van der Waals surface area contributed by atoms with E-state index in [9.17, 15) is 0 Å². The molecule has 2 nitrogen and oxygen atoms in total. The van der Waals surface area contributed by atoms with Gasteiger partial charge in [-0.15, -0.1) is 0 Å². The summed E-state index contributed by atoms with van der Waals surface area (Å²) >= 11 is 0. The molecule has 0 saturated heterocycles. The van der Waals surface area contributed by atoms with Gasteiger partial charge in [-0.25, -0.2) is 0 Å². The van der Waals surface area contributed by atoms with E-state index in [1.54, 1.807) is 0 Å². The molecule has 2 saturated carbocycles. The second-order valence-corrected chi connectivity index (χ2v) is 7.96. The van der Waals surface area contributed by atoms with E-state index in [-0.39, 0.29) is 0 Å². The average Bonchev–Trinajstić information content (AvgIpc) is 2.66. The average molecular weight is 267 g/mol. The summed E-state index contributed by atoms with van der Waals surface area (Å²) in [5.41, 5.74) is 0.873. The van der Waals surface area contributed by atoms with Crippen LogP contribution >= 0.6 is 0 Å². The molecule has 2 aliphatic carbocycles. The van der Waals surface area contributed by atoms with Crippen molar-refractivity contribution in [1.29, 1.82) is 0 Å². The summed E-state index contributed by atoms with van der Waals surface area (Å²) in [5.74, 6) is 1.57. The molecule has 1 N–H and O–H groups in total. The van der Waals surface area contributed by atoms with E-state index >= 15 is 0 Å². The Morgan fingerprint density at radius 2 is 1.89 bits per heavy atom. The lowest BCUT2D eigenvalue weighted by molar-refractivity contribution is -0.0455. The predicted molar refractivity (Wildman–Crippen MR) is 81.3 cm³/mol. The summed E-state index contributed by atoms with van der Waals surface area (Å²) in [5, 5.41) is 3.56. The van der Waals surface area contributed by atoms with Crippen molar-refractivity contribution in [3.8, 4) is 0 Å². The minimum Gasteiger partial charge on any atom is -0.376 e. The van der Waals surface area contributed by atoms with E-state index in [0.717, 1.165) is 19.1 Å². The van der Waals surface area contributed by atoms with Crippen LogP contribution in [0.3, 0.4) is 0 Å². The van der Waals surface area contributed by atoms with Gasteiger partial charge < -0.3 is 10.1 Å². The van der Waals surface area contributed by atoms with Gasteiger partial charge in [-0.2, -0.15) is 0 Å². The van der Waals surface area contributed by atoms with E-state index < -0.39 is 0 Å². The molecule has 0 aromatic rings. The van der Waals surface area contributed by atoms with Crippen molar-refractivity contribution in [1.82, 2.24) is 5.32 Å². The van der Waals surface area contributed by atoms with Gasteiger partial charge in [0.1, 0.15) is 0 Å². The molecule has 2 rings (SSSR count). The minimum absolute atomic E-state index is 0.404. The monoisotopic (exact) mass is 267 g/mol. The highest BCUT2D eigenvalue weighted by atomic mass is 16.5. The molecule has 4 unspecified atom stereocenters. The Labute approximate surface area is 119 Å². The number of hydrogen-bond acceptors (Lipinski definition) is 2. The zero-order valence-corrected chi connectivity index (χ0v) is 13.8. The van der Waals surface area contributed by atoms with Gasteiger partial charge in [0, 0.05) is 12.6 Å². The molecular weight excluding hydrogens is 234 g/mol. The zero-order valence-electron chi connectivity index (χ0n) is 13.8. The summed E-state index contributed by atoms with van der Waals surface area (Å²) in [4.78, 5) is 0. The molecule has 2 fully saturated rings. The molecule has 0 aliphatic heterocycles. The van der Waals surface area contributed by atoms with Crippen molar-refractivity contribution in [2.75, 3.05) is 13.2 Å². The number of ether oxygens (including phenoxy) is 1. The van der Waals surface area contributed by atoms with Crippen molar-refractivity contribution in [2.45, 2.75) is 73.0 Å². The minimum atomic E-state index is 0.404. The molecule has 19 heavy (non-hydrogen) atoms. The molecule has 2 aliphatic rings. The van der Waals surface area contributed by atoms with Gasteiger partial charge in [-0.05, 0) is 48.9 Å². The van der Waals surface area contributed by atoms with Crippen LogP contribution in [-0.4, -0.2) is 25.3 Å². The Bertz CT molecular complexity index is 312. The van der Waals surface area contributed by atoms with Gasteiger partial charge in [0.05, 0.1) is 12.7 Å². The number of hydrogen-bond donors (Lipinski definition) is 1. The number of nitrogens with one attached hydrogen (secondary N) is 1. The summed E-state index contributed by atoms with van der Waals surface area (Å²) in [6.45, 7) is 16.0. The molecule has 4 atom stereocenters. The molecule has 0 amide bonds. The second kappa shape index (κ2) is 5.37. The largest absolute Gasteiger partial charge is 0.376 e. The lowest BCUT2D eigenvalue weighted by atomic mass is 9.70. The first-order valence-corrected chi connectivity index (χ1v) is 8.14. The number of rotatable bonds is 6. The highest BCUT2D eigenvalue weighted by Gasteiger charge is 2.61. The second-order valence-electron chi connectivity index (χ2n) is 7.96. The Kier molecular flexibility index (Phi) is 4.32. The third-order valence-corrected chi connectivity index (χ3v) is 6.60. The van der Waals surface area contributed by atoms with Gasteiger partial charge in [0.2, 0.25) is 0 Å². The third kappa shape index (κ3) is 2.58. The highest BCUT2D eigenvalue weighted by Crippen LogP contribution is 2.66. The Hall–Kier alpha value is -0.0800. The van der Waals surface area contributed by atoms with E-state index in [4.69, 9.17) is 4.74 Å². The maximum absolute atomic E-state index is 6.24. The smallest absolute Gasteiger partial charge is 0.0637 e. The van der Waals surface area contributed by atoms with Crippen molar-refractivity contribution >= 4 is 0 Å². The van der Waals surface area contributed by atoms with Crippen LogP contribution in [0.2, 0.25) is 0 Å². The fraction of sp³-hybridized carbons (Fsp3) is 1.00. The summed E-state index contributed by atoms with van der Waals surface area (Å²) < 4.78 is 6.24. The number of fused-ring (bicyclic) bond motifs is 2. The standard InChI is InChI=1S/C17H33NO/c1-12(2)13(3)18-9-10-19-15-11-14-7-8-17(15,6)16(14,4)5/h12-15,18H,7-11H2,1-6H3. The molecule has 0 heterocycles. The summed E-state index contributed by atoms with van der Waals surface area (Å²) in [6, 6.07) is 0.579. The lowest BCUT2D eigenvalue weighted by Crippen LogP contribution is -2.39. The van der Waals surface area contributed by atoms with E-state index in [1.165, 1.54) is 19.3 Å². The van der Waals surface area contributed by atoms with Crippen molar-refractivity contribution in [2.24, 2.45) is 22.7 Å². The van der Waals surface area contributed by atoms with Crippen molar-refractivity contribution in [3.05, 3.63) is 0 Å². The summed E-state index contributed by atoms with van der Waals surface area (Å²) in [6.07, 6.45) is 4.53. The van der Waals surface area contributed by atoms with Crippen LogP contribution in [-0.2, 0) is 4.74 Å². The van der Waals surface area contributed by atoms with Crippen molar-refractivity contribution < 1.29 is 4.74 Å². The van der Waals surface area contributed by atoms with Crippen LogP contribution in [0.25, 0.3) is 0 Å². The lowest BCUT2D eigenvalue weighted by Gasteiger charge is -2.39. The molecule has 2 bridgehead atoms. The topological polar surface area (TPSA) is 21.3 Å². The van der Waals surface area contributed by atoms with Gasteiger partial charge in [-0.3, -0.25) is 0 Å². The maximum Gasteiger partial charge on any atom is 0.0637 e. The fourth-order valence-electron chi connectivity index (χ4n) is 4.11. The molecule has 0 spiro atoms. The SMILES string of the molecule is CC(C)C(C)NCCOC1CC2CCC1(C)C2(C)C. The molecule has 0 radical (unpaired) electrons.